The summed E-state index contributed by atoms with van der Waals surface area (Å²) in [5.41, 5.74) is 2.36. The molecule has 2 aromatic carbocycles. The second-order valence-corrected chi connectivity index (χ2v) is 6.02. The number of fused-ring (bicyclic) bond motifs is 1. The van der Waals surface area contributed by atoms with Gasteiger partial charge in [-0.25, -0.2) is 0 Å². The van der Waals surface area contributed by atoms with Gasteiger partial charge in [-0.1, -0.05) is 48.5 Å². The van der Waals surface area contributed by atoms with Gasteiger partial charge in [-0.05, 0) is 30.0 Å². The zero-order valence-corrected chi connectivity index (χ0v) is 12.4. The monoisotopic (exact) mass is 293 g/mol. The molecule has 0 radical (unpaired) electrons. The zero-order valence-electron chi connectivity index (χ0n) is 12.4. The largest absolute Gasteiger partial charge is 0.480 e. The molecule has 0 spiro atoms. The summed E-state index contributed by atoms with van der Waals surface area (Å²) in [6.45, 7) is 0.828. The average molecular weight is 293 g/mol. The maximum absolute atomic E-state index is 12.9. The van der Waals surface area contributed by atoms with Crippen LogP contribution in [0.15, 0.2) is 54.6 Å². The summed E-state index contributed by atoms with van der Waals surface area (Å²) >= 11 is 0. The summed E-state index contributed by atoms with van der Waals surface area (Å²) in [7, 11) is 0. The van der Waals surface area contributed by atoms with E-state index in [0.717, 1.165) is 30.7 Å². The molecule has 2 aromatic rings. The first-order valence-corrected chi connectivity index (χ1v) is 7.93. The molecule has 0 unspecified atom stereocenters. The highest BCUT2D eigenvalue weighted by Crippen LogP contribution is 2.35. The van der Waals surface area contributed by atoms with Gasteiger partial charge in [0, 0.05) is 13.0 Å². The molecule has 2 aliphatic heterocycles. The van der Waals surface area contributed by atoms with E-state index >= 15 is 0 Å². The van der Waals surface area contributed by atoms with E-state index in [9.17, 15) is 4.79 Å². The molecule has 4 rings (SSSR count). The molecular formula is C19H19NO2. The number of likely N-dealkylation sites (tertiary alicyclic amines) is 1. The Morgan fingerprint density at radius 1 is 1.05 bits per heavy atom. The smallest absolute Gasteiger partial charge is 0.264 e. The molecule has 0 bridgehead atoms. The van der Waals surface area contributed by atoms with Gasteiger partial charge in [0.05, 0.1) is 6.04 Å². The Kier molecular flexibility index (Phi) is 3.34. The number of amides is 1. The Labute approximate surface area is 130 Å². The number of nitrogens with zero attached hydrogens (tertiary/aromatic N) is 1. The SMILES string of the molecule is O=C([C@H]1Cc2ccccc2O1)N1CCC[C@H]1c1ccccc1. The number of rotatable bonds is 2. The molecule has 2 atom stereocenters. The summed E-state index contributed by atoms with van der Waals surface area (Å²) in [6, 6.07) is 18.5. The fourth-order valence-corrected chi connectivity index (χ4v) is 3.56. The van der Waals surface area contributed by atoms with Gasteiger partial charge in [0.15, 0.2) is 6.10 Å². The predicted octanol–water partition coefficient (Wildman–Crippen LogP) is 3.35. The van der Waals surface area contributed by atoms with Gasteiger partial charge >= 0.3 is 0 Å². The molecule has 1 fully saturated rings. The Morgan fingerprint density at radius 3 is 2.64 bits per heavy atom. The Bertz CT molecular complexity index is 658. The van der Waals surface area contributed by atoms with Gasteiger partial charge in [-0.3, -0.25) is 4.79 Å². The van der Waals surface area contributed by atoms with Crippen molar-refractivity contribution in [3.63, 3.8) is 0 Å². The predicted molar refractivity (Wildman–Crippen MR) is 84.7 cm³/mol. The number of hydrogen-bond acceptors (Lipinski definition) is 2. The summed E-state index contributed by atoms with van der Waals surface area (Å²) in [5, 5.41) is 0. The lowest BCUT2D eigenvalue weighted by Crippen LogP contribution is -2.40. The van der Waals surface area contributed by atoms with Gasteiger partial charge in [0.25, 0.3) is 5.91 Å². The summed E-state index contributed by atoms with van der Waals surface area (Å²) in [4.78, 5) is 14.9. The van der Waals surface area contributed by atoms with Crippen molar-refractivity contribution in [2.45, 2.75) is 31.4 Å². The van der Waals surface area contributed by atoms with Crippen molar-refractivity contribution in [1.82, 2.24) is 4.90 Å². The lowest BCUT2D eigenvalue weighted by atomic mass is 10.0. The van der Waals surface area contributed by atoms with E-state index in [4.69, 9.17) is 4.74 Å². The van der Waals surface area contributed by atoms with Crippen LogP contribution in [-0.2, 0) is 11.2 Å². The van der Waals surface area contributed by atoms with Crippen LogP contribution in [0, 0.1) is 0 Å². The lowest BCUT2D eigenvalue weighted by molar-refractivity contribution is -0.138. The molecule has 0 aliphatic carbocycles. The molecule has 2 heterocycles. The topological polar surface area (TPSA) is 29.5 Å². The van der Waals surface area contributed by atoms with Crippen LogP contribution in [-0.4, -0.2) is 23.5 Å². The molecule has 112 valence electrons. The first-order chi connectivity index (χ1) is 10.8. The number of benzene rings is 2. The highest BCUT2D eigenvalue weighted by molar-refractivity contribution is 5.83. The van der Waals surface area contributed by atoms with Gasteiger partial charge in [0.2, 0.25) is 0 Å². The number of hydrogen-bond donors (Lipinski definition) is 0. The van der Waals surface area contributed by atoms with Crippen molar-refractivity contribution in [1.29, 1.82) is 0 Å². The average Bonchev–Trinajstić information content (AvgIpc) is 3.21. The Hall–Kier alpha value is -2.29. The second-order valence-electron chi connectivity index (χ2n) is 6.02. The fourth-order valence-electron chi connectivity index (χ4n) is 3.56. The summed E-state index contributed by atoms with van der Waals surface area (Å²) in [5.74, 6) is 0.985. The van der Waals surface area contributed by atoms with Crippen LogP contribution in [0.25, 0.3) is 0 Å². The molecule has 1 saturated heterocycles. The van der Waals surface area contributed by atoms with Crippen molar-refractivity contribution in [2.75, 3.05) is 6.54 Å². The first kappa shape index (κ1) is 13.4. The van der Waals surface area contributed by atoms with E-state index in [0.29, 0.717) is 6.42 Å². The number of ether oxygens (including phenoxy) is 1. The number of carbonyl (C=O) groups excluding carboxylic acids is 1. The van der Waals surface area contributed by atoms with Gasteiger partial charge in [-0.2, -0.15) is 0 Å². The van der Waals surface area contributed by atoms with Crippen molar-refractivity contribution < 1.29 is 9.53 Å². The fraction of sp³-hybridized carbons (Fsp3) is 0.316. The van der Waals surface area contributed by atoms with Gasteiger partial charge in [-0.15, -0.1) is 0 Å². The van der Waals surface area contributed by atoms with Crippen LogP contribution < -0.4 is 4.74 Å². The standard InChI is InChI=1S/C19H19NO2/c21-19(18-13-15-9-4-5-11-17(15)22-18)20-12-6-10-16(20)14-7-2-1-3-8-14/h1-5,7-9,11,16,18H,6,10,12-13H2/t16-,18+/m0/s1. The third-order valence-corrected chi connectivity index (χ3v) is 4.64. The molecular weight excluding hydrogens is 274 g/mol. The molecule has 1 amide bonds. The van der Waals surface area contributed by atoms with Crippen LogP contribution in [0.1, 0.15) is 30.0 Å². The normalized spacial score (nSPS) is 23.2. The quantitative estimate of drug-likeness (QED) is 0.850. The van der Waals surface area contributed by atoms with Crippen molar-refractivity contribution in [3.05, 3.63) is 65.7 Å². The molecule has 22 heavy (non-hydrogen) atoms. The second kappa shape index (κ2) is 5.48. The molecule has 3 heteroatoms. The van der Waals surface area contributed by atoms with Gasteiger partial charge in [0.1, 0.15) is 5.75 Å². The highest BCUT2D eigenvalue weighted by Gasteiger charge is 2.37. The van der Waals surface area contributed by atoms with E-state index < -0.39 is 0 Å². The summed E-state index contributed by atoms with van der Waals surface area (Å²) < 4.78 is 5.87. The molecule has 2 aliphatic rings. The summed E-state index contributed by atoms with van der Waals surface area (Å²) in [6.07, 6.45) is 2.43. The minimum atomic E-state index is -0.360. The van der Waals surface area contributed by atoms with Crippen LogP contribution in [0.5, 0.6) is 5.75 Å². The Morgan fingerprint density at radius 2 is 1.82 bits per heavy atom. The zero-order chi connectivity index (χ0) is 14.9. The highest BCUT2D eigenvalue weighted by atomic mass is 16.5. The van der Waals surface area contributed by atoms with Crippen LogP contribution >= 0.6 is 0 Å². The first-order valence-electron chi connectivity index (χ1n) is 7.93. The van der Waals surface area contributed by atoms with Crippen LogP contribution in [0.4, 0.5) is 0 Å². The van der Waals surface area contributed by atoms with Crippen molar-refractivity contribution in [2.24, 2.45) is 0 Å². The molecule has 0 saturated carbocycles. The maximum atomic E-state index is 12.9. The third kappa shape index (κ3) is 2.27. The third-order valence-electron chi connectivity index (χ3n) is 4.64. The minimum Gasteiger partial charge on any atom is -0.480 e. The van der Waals surface area contributed by atoms with E-state index in [-0.39, 0.29) is 18.1 Å². The molecule has 3 nitrogen and oxygen atoms in total. The lowest BCUT2D eigenvalue weighted by Gasteiger charge is -2.27. The van der Waals surface area contributed by atoms with Crippen LogP contribution in [0.2, 0.25) is 0 Å². The van der Waals surface area contributed by atoms with Crippen LogP contribution in [0.3, 0.4) is 0 Å². The maximum Gasteiger partial charge on any atom is 0.264 e. The molecule has 0 aromatic heterocycles. The van der Waals surface area contributed by atoms with E-state index in [2.05, 4.69) is 12.1 Å². The molecule has 0 N–H and O–H groups in total. The minimum absolute atomic E-state index is 0.127. The van der Waals surface area contributed by atoms with Crippen molar-refractivity contribution in [3.8, 4) is 5.75 Å². The van der Waals surface area contributed by atoms with Crippen molar-refractivity contribution >= 4 is 5.91 Å². The Balaban J connectivity index is 1.53. The van der Waals surface area contributed by atoms with Gasteiger partial charge < -0.3 is 9.64 Å². The number of para-hydroxylation sites is 1. The van der Waals surface area contributed by atoms with E-state index in [1.807, 2.05) is 47.4 Å². The van der Waals surface area contributed by atoms with E-state index in [1.165, 1.54) is 5.56 Å². The number of carbonyl (C=O) groups is 1. The van der Waals surface area contributed by atoms with E-state index in [1.54, 1.807) is 0 Å².